The van der Waals surface area contributed by atoms with E-state index in [1.165, 1.54) is 11.6 Å². The molecule has 25 heavy (non-hydrogen) atoms. The zero-order valence-corrected chi connectivity index (χ0v) is 14.6. The number of hydrogen-bond acceptors (Lipinski definition) is 5. The van der Waals surface area contributed by atoms with Gasteiger partial charge in [0.15, 0.2) is 11.6 Å². The Morgan fingerprint density at radius 3 is 3.04 bits per heavy atom. The fraction of sp³-hybridized carbons (Fsp3) is 0.556. The van der Waals surface area contributed by atoms with Crippen LogP contribution in [-0.2, 0) is 18.3 Å². The fourth-order valence-electron chi connectivity index (χ4n) is 4.01. The van der Waals surface area contributed by atoms with Crippen molar-refractivity contribution in [1.29, 1.82) is 0 Å². The summed E-state index contributed by atoms with van der Waals surface area (Å²) < 4.78 is 22.2. The van der Waals surface area contributed by atoms with Crippen LogP contribution >= 0.6 is 0 Å². The average Bonchev–Trinajstić information content (AvgIpc) is 3.00. The van der Waals surface area contributed by atoms with E-state index < -0.39 is 0 Å². The van der Waals surface area contributed by atoms with Gasteiger partial charge in [-0.3, -0.25) is 9.58 Å². The Morgan fingerprint density at radius 2 is 2.24 bits per heavy atom. The molecule has 134 valence electrons. The maximum Gasteiger partial charge on any atom is 0.165 e. The van der Waals surface area contributed by atoms with Crippen molar-refractivity contribution in [1.82, 2.24) is 19.7 Å². The molecule has 1 spiro atoms. The highest BCUT2D eigenvalue weighted by Gasteiger charge is 2.41. The number of hydrogen-bond donors (Lipinski definition) is 0. The van der Waals surface area contributed by atoms with Gasteiger partial charge in [-0.15, -0.1) is 0 Å². The van der Waals surface area contributed by atoms with Crippen LogP contribution in [0.1, 0.15) is 18.4 Å². The van der Waals surface area contributed by atoms with Gasteiger partial charge in [0, 0.05) is 57.7 Å². The van der Waals surface area contributed by atoms with Crippen molar-refractivity contribution in [3.05, 3.63) is 42.1 Å². The minimum Gasteiger partial charge on any atom is -0.370 e. The van der Waals surface area contributed by atoms with Gasteiger partial charge < -0.3 is 9.64 Å². The molecule has 0 aromatic carbocycles. The van der Waals surface area contributed by atoms with Gasteiger partial charge in [0.25, 0.3) is 0 Å². The van der Waals surface area contributed by atoms with Crippen LogP contribution in [0, 0.1) is 5.82 Å². The summed E-state index contributed by atoms with van der Waals surface area (Å²) in [6, 6.07) is 3.10. The standard InChI is InChI=1S/C18H24FN5O/c1-22-11-15(10-21-22)12-23-8-9-25-18(13-23)5-3-7-24(14-18)17-16(19)4-2-6-20-17/h2,4,6,10-11H,3,5,7-9,12-14H2,1H3/t18-/m0/s1. The quantitative estimate of drug-likeness (QED) is 0.849. The summed E-state index contributed by atoms with van der Waals surface area (Å²) in [4.78, 5) is 8.69. The molecule has 0 amide bonds. The van der Waals surface area contributed by atoms with Gasteiger partial charge in [-0.25, -0.2) is 9.37 Å². The minimum absolute atomic E-state index is 0.247. The second kappa shape index (κ2) is 6.72. The van der Waals surface area contributed by atoms with Crippen LogP contribution in [0.5, 0.6) is 0 Å². The summed E-state index contributed by atoms with van der Waals surface area (Å²) >= 11 is 0. The lowest BCUT2D eigenvalue weighted by molar-refractivity contribution is -0.116. The normalized spacial score (nSPS) is 24.8. The van der Waals surface area contributed by atoms with Crippen LogP contribution in [0.4, 0.5) is 10.2 Å². The first kappa shape index (κ1) is 16.5. The van der Waals surface area contributed by atoms with Crippen LogP contribution in [-0.4, -0.2) is 58.1 Å². The zero-order chi connectivity index (χ0) is 17.3. The van der Waals surface area contributed by atoms with Crippen molar-refractivity contribution in [3.63, 3.8) is 0 Å². The molecular formula is C18H24FN5O. The third-order valence-electron chi connectivity index (χ3n) is 5.07. The predicted molar refractivity (Wildman–Crippen MR) is 92.8 cm³/mol. The van der Waals surface area contributed by atoms with Gasteiger partial charge in [0.1, 0.15) is 0 Å². The second-order valence-corrected chi connectivity index (χ2v) is 7.10. The number of aryl methyl sites for hydroxylation is 1. The van der Waals surface area contributed by atoms with Crippen molar-refractivity contribution in [2.45, 2.75) is 25.0 Å². The number of pyridine rings is 1. The summed E-state index contributed by atoms with van der Waals surface area (Å²) in [6.45, 7) is 4.85. The van der Waals surface area contributed by atoms with Crippen molar-refractivity contribution in [2.24, 2.45) is 7.05 Å². The van der Waals surface area contributed by atoms with Crippen LogP contribution in [0.2, 0.25) is 0 Å². The molecule has 0 aliphatic carbocycles. The molecule has 2 aromatic heterocycles. The van der Waals surface area contributed by atoms with E-state index in [1.807, 2.05) is 22.8 Å². The molecule has 2 fully saturated rings. The number of nitrogens with zero attached hydrogens (tertiary/aromatic N) is 5. The smallest absolute Gasteiger partial charge is 0.165 e. The number of halogens is 1. The number of morpholine rings is 1. The Balaban J connectivity index is 1.47. The molecule has 2 aliphatic rings. The van der Waals surface area contributed by atoms with E-state index in [9.17, 15) is 4.39 Å². The first-order valence-corrected chi connectivity index (χ1v) is 8.83. The van der Waals surface area contributed by atoms with Gasteiger partial charge in [0.05, 0.1) is 18.4 Å². The molecule has 1 atom stereocenters. The molecule has 7 heteroatoms. The summed E-state index contributed by atoms with van der Waals surface area (Å²) in [5.74, 6) is 0.178. The monoisotopic (exact) mass is 345 g/mol. The molecule has 2 aromatic rings. The number of rotatable bonds is 3. The molecule has 0 radical (unpaired) electrons. The highest BCUT2D eigenvalue weighted by atomic mass is 19.1. The predicted octanol–water partition coefficient (Wildman–Crippen LogP) is 1.83. The first-order valence-electron chi connectivity index (χ1n) is 8.83. The lowest BCUT2D eigenvalue weighted by Gasteiger charge is -2.48. The van der Waals surface area contributed by atoms with Crippen LogP contribution < -0.4 is 4.90 Å². The van der Waals surface area contributed by atoms with Crippen molar-refractivity contribution < 1.29 is 9.13 Å². The second-order valence-electron chi connectivity index (χ2n) is 7.10. The van der Waals surface area contributed by atoms with Crippen LogP contribution in [0.25, 0.3) is 0 Å². The highest BCUT2D eigenvalue weighted by Crippen LogP contribution is 2.32. The van der Waals surface area contributed by atoms with E-state index in [1.54, 1.807) is 12.3 Å². The van der Waals surface area contributed by atoms with Crippen LogP contribution in [0.15, 0.2) is 30.7 Å². The maximum absolute atomic E-state index is 14.1. The first-order chi connectivity index (χ1) is 12.1. The molecule has 0 unspecified atom stereocenters. The molecule has 6 nitrogen and oxygen atoms in total. The summed E-state index contributed by atoms with van der Waals surface area (Å²) in [5, 5.41) is 4.25. The molecule has 0 saturated carbocycles. The van der Waals surface area contributed by atoms with E-state index in [0.717, 1.165) is 39.0 Å². The van der Waals surface area contributed by atoms with E-state index >= 15 is 0 Å². The molecular weight excluding hydrogens is 321 g/mol. The Labute approximate surface area is 147 Å². The topological polar surface area (TPSA) is 46.4 Å². The molecule has 2 saturated heterocycles. The van der Waals surface area contributed by atoms with Crippen LogP contribution in [0.3, 0.4) is 0 Å². The summed E-state index contributed by atoms with van der Waals surface area (Å²) in [7, 11) is 1.94. The average molecular weight is 345 g/mol. The zero-order valence-electron chi connectivity index (χ0n) is 14.6. The van der Waals surface area contributed by atoms with Gasteiger partial charge >= 0.3 is 0 Å². The van der Waals surface area contributed by atoms with E-state index in [4.69, 9.17) is 4.74 Å². The van der Waals surface area contributed by atoms with Crippen molar-refractivity contribution in [3.8, 4) is 0 Å². The lowest BCUT2D eigenvalue weighted by atomic mass is 9.90. The number of ether oxygens (including phenoxy) is 1. The Kier molecular flexibility index (Phi) is 4.43. The number of anilines is 1. The fourth-order valence-corrected chi connectivity index (χ4v) is 4.01. The van der Waals surface area contributed by atoms with E-state index in [0.29, 0.717) is 19.0 Å². The SMILES string of the molecule is Cn1cc(CN2CCO[C@@]3(CCCN(c4ncccc4F)C3)C2)cn1. The lowest BCUT2D eigenvalue weighted by Crippen LogP contribution is -2.59. The summed E-state index contributed by atoms with van der Waals surface area (Å²) in [6.07, 6.45) is 7.60. The van der Waals surface area contributed by atoms with E-state index in [2.05, 4.69) is 21.2 Å². The van der Waals surface area contributed by atoms with Crippen molar-refractivity contribution in [2.75, 3.05) is 37.7 Å². The Morgan fingerprint density at radius 1 is 1.32 bits per heavy atom. The molecule has 4 rings (SSSR count). The third-order valence-corrected chi connectivity index (χ3v) is 5.07. The third kappa shape index (κ3) is 3.52. The largest absolute Gasteiger partial charge is 0.370 e. The number of aromatic nitrogens is 3. The van der Waals surface area contributed by atoms with Gasteiger partial charge in [-0.05, 0) is 25.0 Å². The Hall–Kier alpha value is -1.99. The van der Waals surface area contributed by atoms with Crippen molar-refractivity contribution >= 4 is 5.82 Å². The number of piperidine rings is 1. The minimum atomic E-state index is -0.262. The maximum atomic E-state index is 14.1. The molecule has 4 heterocycles. The molecule has 2 aliphatic heterocycles. The molecule has 0 bridgehead atoms. The summed E-state index contributed by atoms with van der Waals surface area (Å²) in [5.41, 5.74) is 0.964. The van der Waals surface area contributed by atoms with Gasteiger partial charge in [0.2, 0.25) is 0 Å². The molecule has 0 N–H and O–H groups in total. The van der Waals surface area contributed by atoms with E-state index in [-0.39, 0.29) is 11.4 Å². The van der Waals surface area contributed by atoms with Gasteiger partial charge in [-0.1, -0.05) is 0 Å². The highest BCUT2D eigenvalue weighted by molar-refractivity contribution is 5.41. The van der Waals surface area contributed by atoms with Gasteiger partial charge in [-0.2, -0.15) is 5.10 Å². The Bertz CT molecular complexity index is 732.